The summed E-state index contributed by atoms with van der Waals surface area (Å²) < 4.78 is 1.40. The number of rotatable bonds is 4. The van der Waals surface area contributed by atoms with Crippen LogP contribution in [0.5, 0.6) is 0 Å². The Hall–Kier alpha value is -2.22. The summed E-state index contributed by atoms with van der Waals surface area (Å²) in [5.41, 5.74) is 4.58. The van der Waals surface area contributed by atoms with Crippen LogP contribution >= 0.6 is 11.3 Å². The molecule has 0 saturated heterocycles. The maximum atomic E-state index is 12.1. The SMILES string of the molecule is O=C(CCn1cnc2sccc2c1=O)NNC(=O)C1CC1. The van der Waals surface area contributed by atoms with Crippen LogP contribution in [-0.4, -0.2) is 21.4 Å². The van der Waals surface area contributed by atoms with E-state index < -0.39 is 0 Å². The van der Waals surface area contributed by atoms with E-state index in [9.17, 15) is 14.4 Å². The molecule has 3 rings (SSSR count). The molecule has 1 saturated carbocycles. The van der Waals surface area contributed by atoms with Crippen molar-refractivity contribution in [3.63, 3.8) is 0 Å². The molecule has 7 nitrogen and oxygen atoms in total. The highest BCUT2D eigenvalue weighted by molar-refractivity contribution is 7.16. The number of carbonyl (C=O) groups is 2. The number of hydrogen-bond acceptors (Lipinski definition) is 5. The summed E-state index contributed by atoms with van der Waals surface area (Å²) in [6, 6.07) is 1.72. The molecule has 0 atom stereocenters. The van der Waals surface area contributed by atoms with Crippen LogP contribution in [0.1, 0.15) is 19.3 Å². The number of amides is 2. The Morgan fingerprint density at radius 2 is 2.19 bits per heavy atom. The number of aryl methyl sites for hydroxylation is 1. The van der Waals surface area contributed by atoms with E-state index in [0.29, 0.717) is 10.2 Å². The molecule has 2 aromatic rings. The Kier molecular flexibility index (Phi) is 3.70. The predicted octanol–water partition coefficient (Wildman–Crippen LogP) is 0.405. The molecule has 1 aliphatic rings. The maximum absolute atomic E-state index is 12.1. The molecule has 0 bridgehead atoms. The van der Waals surface area contributed by atoms with Crippen molar-refractivity contribution in [3.8, 4) is 0 Å². The first-order valence-electron chi connectivity index (χ1n) is 6.66. The zero-order valence-corrected chi connectivity index (χ0v) is 12.0. The van der Waals surface area contributed by atoms with E-state index in [-0.39, 0.29) is 36.3 Å². The smallest absolute Gasteiger partial charge is 0.262 e. The lowest BCUT2D eigenvalue weighted by Gasteiger charge is -2.07. The van der Waals surface area contributed by atoms with E-state index in [4.69, 9.17) is 0 Å². The van der Waals surface area contributed by atoms with Gasteiger partial charge in [0.1, 0.15) is 4.83 Å². The molecule has 2 aromatic heterocycles. The summed E-state index contributed by atoms with van der Waals surface area (Å²) in [7, 11) is 0. The van der Waals surface area contributed by atoms with Gasteiger partial charge in [-0.1, -0.05) is 0 Å². The minimum Gasteiger partial charge on any atom is -0.298 e. The van der Waals surface area contributed by atoms with E-state index >= 15 is 0 Å². The van der Waals surface area contributed by atoms with Crippen LogP contribution < -0.4 is 16.4 Å². The molecule has 0 aliphatic heterocycles. The van der Waals surface area contributed by atoms with Crippen molar-refractivity contribution in [1.82, 2.24) is 20.4 Å². The van der Waals surface area contributed by atoms with E-state index in [2.05, 4.69) is 15.8 Å². The highest BCUT2D eigenvalue weighted by Gasteiger charge is 2.29. The molecule has 2 heterocycles. The molecular weight excluding hydrogens is 292 g/mol. The van der Waals surface area contributed by atoms with Crippen molar-refractivity contribution in [3.05, 3.63) is 28.1 Å². The fourth-order valence-electron chi connectivity index (χ4n) is 1.92. The molecule has 1 aliphatic carbocycles. The van der Waals surface area contributed by atoms with Crippen LogP contribution in [-0.2, 0) is 16.1 Å². The minimum absolute atomic E-state index is 0.0399. The first kappa shape index (κ1) is 13.7. The monoisotopic (exact) mass is 306 g/mol. The van der Waals surface area contributed by atoms with E-state index in [1.165, 1.54) is 22.2 Å². The van der Waals surface area contributed by atoms with Gasteiger partial charge in [0.25, 0.3) is 5.56 Å². The fraction of sp³-hybridized carbons (Fsp3) is 0.385. The first-order chi connectivity index (χ1) is 10.1. The van der Waals surface area contributed by atoms with Gasteiger partial charge in [0, 0.05) is 18.9 Å². The Morgan fingerprint density at radius 1 is 1.38 bits per heavy atom. The lowest BCUT2D eigenvalue weighted by atomic mass is 10.3. The van der Waals surface area contributed by atoms with Crippen LogP contribution in [0.15, 0.2) is 22.6 Å². The van der Waals surface area contributed by atoms with E-state index in [0.717, 1.165) is 12.8 Å². The van der Waals surface area contributed by atoms with Gasteiger partial charge < -0.3 is 0 Å². The molecule has 8 heteroatoms. The lowest BCUT2D eigenvalue weighted by molar-refractivity contribution is -0.129. The number of aromatic nitrogens is 2. The second-order valence-corrected chi connectivity index (χ2v) is 5.84. The van der Waals surface area contributed by atoms with Gasteiger partial charge in [-0.25, -0.2) is 4.98 Å². The molecule has 1 fully saturated rings. The van der Waals surface area contributed by atoms with Gasteiger partial charge in [0.15, 0.2) is 0 Å². The van der Waals surface area contributed by atoms with Crippen molar-refractivity contribution < 1.29 is 9.59 Å². The Balaban J connectivity index is 1.55. The fourth-order valence-corrected chi connectivity index (χ4v) is 2.64. The van der Waals surface area contributed by atoms with Gasteiger partial charge in [-0.15, -0.1) is 11.3 Å². The summed E-state index contributed by atoms with van der Waals surface area (Å²) >= 11 is 1.40. The first-order valence-corrected chi connectivity index (χ1v) is 7.54. The minimum atomic E-state index is -0.332. The highest BCUT2D eigenvalue weighted by atomic mass is 32.1. The molecule has 0 aromatic carbocycles. The largest absolute Gasteiger partial charge is 0.298 e. The Bertz CT molecular complexity index is 747. The number of nitrogens with one attached hydrogen (secondary N) is 2. The third-order valence-electron chi connectivity index (χ3n) is 3.30. The van der Waals surface area contributed by atoms with Crippen LogP contribution in [0, 0.1) is 5.92 Å². The van der Waals surface area contributed by atoms with Crippen molar-refractivity contribution in [2.75, 3.05) is 0 Å². The number of thiophene rings is 1. The topological polar surface area (TPSA) is 93.1 Å². The van der Waals surface area contributed by atoms with Gasteiger partial charge in [-0.05, 0) is 24.3 Å². The number of fused-ring (bicyclic) bond motifs is 1. The molecular formula is C13H14N4O3S. The van der Waals surface area contributed by atoms with Gasteiger partial charge in [0.05, 0.1) is 11.7 Å². The van der Waals surface area contributed by atoms with Crippen molar-refractivity contribution in [1.29, 1.82) is 0 Å². The molecule has 0 radical (unpaired) electrons. The average molecular weight is 306 g/mol. The summed E-state index contributed by atoms with van der Waals surface area (Å²) in [5, 5.41) is 2.37. The normalized spacial score (nSPS) is 14.1. The number of nitrogens with zero attached hydrogens (tertiary/aromatic N) is 2. The molecule has 21 heavy (non-hydrogen) atoms. The van der Waals surface area contributed by atoms with Crippen LogP contribution in [0.25, 0.3) is 10.2 Å². The second-order valence-electron chi connectivity index (χ2n) is 4.94. The van der Waals surface area contributed by atoms with E-state index in [1.807, 2.05) is 5.38 Å². The van der Waals surface area contributed by atoms with Gasteiger partial charge in [-0.3, -0.25) is 29.8 Å². The highest BCUT2D eigenvalue weighted by Crippen LogP contribution is 2.28. The molecule has 110 valence electrons. The van der Waals surface area contributed by atoms with Gasteiger partial charge in [-0.2, -0.15) is 0 Å². The van der Waals surface area contributed by atoms with Crippen molar-refractivity contribution >= 4 is 33.4 Å². The van der Waals surface area contributed by atoms with Crippen LogP contribution in [0.4, 0.5) is 0 Å². The summed E-state index contributed by atoms with van der Waals surface area (Å²) in [6.07, 6.45) is 3.30. The second kappa shape index (κ2) is 5.65. The molecule has 0 unspecified atom stereocenters. The lowest BCUT2D eigenvalue weighted by Crippen LogP contribution is -2.42. The molecule has 2 amide bonds. The van der Waals surface area contributed by atoms with Crippen molar-refractivity contribution in [2.45, 2.75) is 25.8 Å². The van der Waals surface area contributed by atoms with Gasteiger partial charge >= 0.3 is 0 Å². The number of carbonyl (C=O) groups excluding carboxylic acids is 2. The molecule has 2 N–H and O–H groups in total. The van der Waals surface area contributed by atoms with Crippen molar-refractivity contribution in [2.24, 2.45) is 5.92 Å². The standard InChI is InChI=1S/C13H14N4O3S/c18-10(15-16-11(19)8-1-2-8)3-5-17-7-14-12-9(13(17)20)4-6-21-12/h4,6-8H,1-3,5H2,(H,15,18)(H,16,19). The predicted molar refractivity (Wildman–Crippen MR) is 77.5 cm³/mol. The zero-order chi connectivity index (χ0) is 14.8. The summed E-state index contributed by atoms with van der Waals surface area (Å²) in [4.78, 5) is 39.9. The zero-order valence-electron chi connectivity index (χ0n) is 11.2. The van der Waals surface area contributed by atoms with Crippen LogP contribution in [0.3, 0.4) is 0 Å². The summed E-state index contributed by atoms with van der Waals surface area (Å²) in [6.45, 7) is 0.225. The van der Waals surface area contributed by atoms with Gasteiger partial charge in [0.2, 0.25) is 11.8 Å². The Morgan fingerprint density at radius 3 is 2.95 bits per heavy atom. The summed E-state index contributed by atoms with van der Waals surface area (Å²) in [5.74, 6) is -0.443. The third kappa shape index (κ3) is 3.10. The quantitative estimate of drug-likeness (QED) is 0.800. The number of hydrogen-bond donors (Lipinski definition) is 2. The average Bonchev–Trinajstić information content (AvgIpc) is 3.22. The maximum Gasteiger partial charge on any atom is 0.262 e. The van der Waals surface area contributed by atoms with Crippen LogP contribution in [0.2, 0.25) is 0 Å². The third-order valence-corrected chi connectivity index (χ3v) is 4.12. The Labute approximate surface area is 124 Å². The van der Waals surface area contributed by atoms with E-state index in [1.54, 1.807) is 6.07 Å². The number of hydrazine groups is 1. The molecule has 0 spiro atoms.